The van der Waals surface area contributed by atoms with Gasteiger partial charge in [-0.3, -0.25) is 18.2 Å². The average molecular weight is 1030 g/mol. The summed E-state index contributed by atoms with van der Waals surface area (Å²) in [6.45, 7) is -2.47. The Kier molecular flexibility index (Phi) is 11.2. The van der Waals surface area contributed by atoms with Crippen molar-refractivity contribution in [3.8, 4) is 57.1 Å². The molecule has 355 valence electrons. The number of rotatable bonds is 10. The summed E-state index contributed by atoms with van der Waals surface area (Å²) in [6.07, 6.45) is 0. The monoisotopic (exact) mass is 1030 g/mol. The van der Waals surface area contributed by atoms with E-state index >= 15 is 16.8 Å². The van der Waals surface area contributed by atoms with Gasteiger partial charge in [-0.25, -0.2) is 46.7 Å². The largest absolute Gasteiger partial charge is 0.508 e. The summed E-state index contributed by atoms with van der Waals surface area (Å²) in [5, 5.41) is 41.6. The Bertz CT molecular complexity index is 4110. The number of aromatic nitrogens is 8. The zero-order chi connectivity index (χ0) is 48.6. The number of hydrogen-bond acceptors (Lipinski definition) is 14. The van der Waals surface area contributed by atoms with Crippen molar-refractivity contribution in [3.05, 3.63) is 133 Å². The van der Waals surface area contributed by atoms with Crippen molar-refractivity contribution in [1.29, 1.82) is 0 Å². The number of benzene rings is 6. The molecule has 23 heteroatoms. The second-order valence-corrected chi connectivity index (χ2v) is 19.5. The maximum atomic E-state index is 15.7. The Labute approximate surface area is 411 Å². The van der Waals surface area contributed by atoms with Crippen LogP contribution in [-0.2, 0) is 46.4 Å². The molecule has 6 N–H and O–H groups in total. The first-order chi connectivity index (χ1) is 33.6. The molecule has 2 aliphatic heterocycles. The Morgan fingerprint density at radius 1 is 0.451 bits per heavy atom. The van der Waals surface area contributed by atoms with E-state index in [1.165, 1.54) is 6.07 Å². The summed E-state index contributed by atoms with van der Waals surface area (Å²) in [5.41, 5.74) is 2.02. The van der Waals surface area contributed by atoms with Gasteiger partial charge in [-0.2, -0.15) is 0 Å². The third-order valence-electron chi connectivity index (χ3n) is 11.6. The van der Waals surface area contributed by atoms with Gasteiger partial charge >= 0.3 is 11.9 Å². The number of sulfonamides is 2. The van der Waals surface area contributed by atoms with Crippen LogP contribution in [0.5, 0.6) is 11.5 Å². The molecule has 6 aromatic carbocycles. The van der Waals surface area contributed by atoms with E-state index in [-0.39, 0.29) is 79.6 Å². The summed E-state index contributed by atoms with van der Waals surface area (Å²) >= 11 is 0. The van der Waals surface area contributed by atoms with Gasteiger partial charge in [-0.05, 0) is 60.7 Å². The first kappa shape index (κ1) is 46.0. The van der Waals surface area contributed by atoms with Crippen LogP contribution in [0.2, 0.25) is 0 Å². The standard InChI is InChI=1S/C48H32N10O10S2.Co/c59-27-17-13-25(14-18-27)57(23-37(61)62)69(65,66)36-22-21-35-39(40(36)70(67,68)58(24-38(63)64)26-15-19-28(60)20-16-26)48-55-46-34-12-6-5-11-33(34)44(53-46)51-42-30-8-2-1-7-29(30)41(49-42)50-43-31-9-3-4-10-32(31)45(52-43)54-47(35)56-48;/h1-22,59-60H,23-24H2,(H,61,62)(H,63,64)(H2,49,50,51,52,53,54,55,56);. The summed E-state index contributed by atoms with van der Waals surface area (Å²) < 4.78 is 63.0. The number of carboxylic acids is 2. The van der Waals surface area contributed by atoms with E-state index in [1.54, 1.807) is 48.5 Å². The molecule has 2 aliphatic rings. The zero-order valence-electron chi connectivity index (χ0n) is 36.1. The molecule has 0 fully saturated rings. The Morgan fingerprint density at radius 3 is 1.24 bits per heavy atom. The first-order valence-corrected chi connectivity index (χ1v) is 23.9. The van der Waals surface area contributed by atoms with Crippen LogP contribution in [0.1, 0.15) is 0 Å². The number of anilines is 2. The summed E-state index contributed by atoms with van der Waals surface area (Å²) in [4.78, 5) is 58.9. The molecule has 0 spiro atoms. The molecular formula is C48H32CoN10O10S2. The summed E-state index contributed by atoms with van der Waals surface area (Å²) in [5.74, 6) is -3.24. The first-order valence-electron chi connectivity index (χ1n) is 21.0. The van der Waals surface area contributed by atoms with E-state index in [9.17, 15) is 30.0 Å². The van der Waals surface area contributed by atoms with Crippen molar-refractivity contribution < 1.29 is 63.6 Å². The molecule has 0 saturated heterocycles. The molecule has 5 heterocycles. The van der Waals surface area contributed by atoms with Crippen LogP contribution in [0.3, 0.4) is 0 Å². The molecule has 11 rings (SSSR count). The normalized spacial score (nSPS) is 11.9. The van der Waals surface area contributed by atoms with E-state index in [0.717, 1.165) is 60.0 Å². The molecule has 3 aromatic heterocycles. The van der Waals surface area contributed by atoms with Gasteiger partial charge in [0.05, 0.1) is 16.8 Å². The minimum absolute atomic E-state index is 0. The molecule has 0 aliphatic carbocycles. The van der Waals surface area contributed by atoms with Crippen LogP contribution in [0.25, 0.3) is 89.7 Å². The number of aromatic hydroxyl groups is 2. The molecule has 0 atom stereocenters. The van der Waals surface area contributed by atoms with E-state index in [2.05, 4.69) is 9.97 Å². The van der Waals surface area contributed by atoms with Crippen molar-refractivity contribution in [2.75, 3.05) is 21.7 Å². The van der Waals surface area contributed by atoms with Crippen LogP contribution < -0.4 is 8.61 Å². The van der Waals surface area contributed by atoms with Gasteiger partial charge in [0.25, 0.3) is 20.0 Å². The number of nitrogens with zero attached hydrogens (tertiary/aromatic N) is 8. The van der Waals surface area contributed by atoms with Gasteiger partial charge < -0.3 is 30.4 Å². The van der Waals surface area contributed by atoms with Gasteiger partial charge in [0.15, 0.2) is 23.3 Å². The summed E-state index contributed by atoms with van der Waals surface area (Å²) in [7, 11) is -10.8. The van der Waals surface area contributed by atoms with E-state index in [4.69, 9.17) is 29.9 Å². The molecule has 20 nitrogen and oxygen atoms in total. The number of phenolic OH excluding ortho intramolecular Hbond substituents is 2. The minimum Gasteiger partial charge on any atom is -0.508 e. The number of nitrogens with one attached hydrogen (secondary N) is 2. The maximum absolute atomic E-state index is 15.7. The fourth-order valence-electron chi connectivity index (χ4n) is 8.48. The van der Waals surface area contributed by atoms with Crippen molar-refractivity contribution >= 4 is 87.5 Å². The fraction of sp³-hybridized carbons (Fsp3) is 0.0417. The molecule has 0 unspecified atom stereocenters. The second kappa shape index (κ2) is 17.3. The van der Waals surface area contributed by atoms with E-state index < -0.39 is 60.3 Å². The zero-order valence-corrected chi connectivity index (χ0v) is 38.8. The van der Waals surface area contributed by atoms with Crippen LogP contribution in [-0.4, -0.2) is 102 Å². The van der Waals surface area contributed by atoms with Gasteiger partial charge in [0.1, 0.15) is 57.0 Å². The number of phenols is 2. The SMILES string of the molecule is O=C(O)CN(c1ccc(O)cc1)S(=O)(=O)c1ccc2c3nc4nc(nc5[nH]c(nc6nc(nc([nH]3)c2c1S(=O)(=O)N(CC(=O)O)c1ccc(O)cc1)-c1ccccc1-6)c1ccccc51)-c1ccccc1-4.[Co]. The number of fused-ring (bicyclic) bond motifs is 20. The predicted molar refractivity (Wildman–Crippen MR) is 257 cm³/mol. The topological polar surface area (TPSA) is 299 Å². The Hall–Kier alpha value is -8.77. The third kappa shape index (κ3) is 7.87. The van der Waals surface area contributed by atoms with Crippen molar-refractivity contribution in [3.63, 3.8) is 0 Å². The Morgan fingerprint density at radius 2 is 0.817 bits per heavy atom. The number of hydrogen-bond donors (Lipinski definition) is 6. The number of carboxylic acid groups (broad SMARTS) is 2. The van der Waals surface area contributed by atoms with Crippen molar-refractivity contribution in [2.24, 2.45) is 0 Å². The number of H-pyrrole nitrogens is 2. The molecule has 0 amide bonds. The third-order valence-corrected chi connectivity index (χ3v) is 15.4. The number of carbonyl (C=O) groups is 2. The fourth-order valence-corrected chi connectivity index (χ4v) is 12.3. The maximum Gasteiger partial charge on any atom is 0.324 e. The van der Waals surface area contributed by atoms with E-state index in [1.807, 2.05) is 24.3 Å². The van der Waals surface area contributed by atoms with E-state index in [0.29, 0.717) is 47.5 Å². The van der Waals surface area contributed by atoms with Gasteiger partial charge in [0, 0.05) is 55.2 Å². The quantitative estimate of drug-likeness (QED) is 0.0817. The smallest absolute Gasteiger partial charge is 0.324 e. The van der Waals surface area contributed by atoms with Crippen molar-refractivity contribution in [2.45, 2.75) is 9.79 Å². The predicted octanol–water partition coefficient (Wildman–Crippen LogP) is 6.84. The molecular weight excluding hydrogens is 1000 g/mol. The second-order valence-electron chi connectivity index (χ2n) is 15.9. The number of aliphatic carboxylic acids is 2. The molecule has 1 radical (unpaired) electrons. The van der Waals surface area contributed by atoms with Crippen molar-refractivity contribution in [1.82, 2.24) is 39.9 Å². The van der Waals surface area contributed by atoms with Gasteiger partial charge in [-0.1, -0.05) is 72.8 Å². The van der Waals surface area contributed by atoms with Crippen LogP contribution in [0.15, 0.2) is 143 Å². The molecule has 0 saturated carbocycles. The van der Waals surface area contributed by atoms with Gasteiger partial charge in [0.2, 0.25) is 0 Å². The van der Waals surface area contributed by atoms with Crippen LogP contribution in [0.4, 0.5) is 11.4 Å². The van der Waals surface area contributed by atoms with Crippen LogP contribution >= 0.6 is 0 Å². The molecule has 9 aromatic rings. The van der Waals surface area contributed by atoms with Gasteiger partial charge in [-0.15, -0.1) is 0 Å². The minimum atomic E-state index is -5.46. The summed E-state index contributed by atoms with van der Waals surface area (Å²) in [6, 6.07) is 32.8. The average Bonchev–Trinajstić information content (AvgIpc) is 4.08. The molecule has 71 heavy (non-hydrogen) atoms. The number of aromatic amines is 2. The Balaban J connectivity index is 0.00000582. The van der Waals surface area contributed by atoms with Crippen LogP contribution in [0, 0.1) is 0 Å². The molecule has 8 bridgehead atoms.